The van der Waals surface area contributed by atoms with Gasteiger partial charge in [-0.15, -0.1) is 0 Å². The van der Waals surface area contributed by atoms with Gasteiger partial charge in [0.1, 0.15) is 5.82 Å². The Morgan fingerprint density at radius 2 is 1.73 bits per heavy atom. The Hall–Kier alpha value is -2.40. The third-order valence-electron chi connectivity index (χ3n) is 4.05. The zero-order chi connectivity index (χ0) is 19.4. The van der Waals surface area contributed by atoms with Crippen LogP contribution in [0.25, 0.3) is 0 Å². The van der Waals surface area contributed by atoms with Crippen molar-refractivity contribution < 1.29 is 14.0 Å². The monoisotopic (exact) mass is 376 g/mol. The molecule has 2 amide bonds. The van der Waals surface area contributed by atoms with Gasteiger partial charge in [-0.1, -0.05) is 29.3 Å². The molecule has 0 atom stereocenters. The Kier molecular flexibility index (Phi) is 6.37. The first-order valence-electron chi connectivity index (χ1n) is 8.30. The number of carbonyl (C=O) groups is 2. The molecule has 0 bridgehead atoms. The molecule has 2 rings (SSSR count). The lowest BCUT2D eigenvalue weighted by Crippen LogP contribution is -2.33. The molecule has 0 spiro atoms. The molecular formula is C20H22ClFN2O2. The summed E-state index contributed by atoms with van der Waals surface area (Å²) in [6, 6.07) is 8.01. The van der Waals surface area contributed by atoms with Gasteiger partial charge in [-0.05, 0) is 50.1 Å². The maximum atomic E-state index is 13.2. The van der Waals surface area contributed by atoms with Crippen LogP contribution >= 0.6 is 11.6 Å². The van der Waals surface area contributed by atoms with Gasteiger partial charge >= 0.3 is 0 Å². The molecule has 26 heavy (non-hydrogen) atoms. The molecule has 0 radical (unpaired) electrons. The smallest absolute Gasteiger partial charge is 0.226 e. The molecule has 0 aliphatic rings. The predicted molar refractivity (Wildman–Crippen MR) is 103 cm³/mol. The zero-order valence-electron chi connectivity index (χ0n) is 15.3. The molecule has 0 aliphatic carbocycles. The third kappa shape index (κ3) is 4.82. The average molecular weight is 377 g/mol. The number of carbonyl (C=O) groups excluding carboxylic acids is 2. The summed E-state index contributed by atoms with van der Waals surface area (Å²) in [6.45, 7) is 7.64. The molecule has 4 nitrogen and oxygen atoms in total. The lowest BCUT2D eigenvalue weighted by molar-refractivity contribution is -0.117. The van der Waals surface area contributed by atoms with Crippen molar-refractivity contribution in [2.24, 2.45) is 0 Å². The highest BCUT2D eigenvalue weighted by molar-refractivity contribution is 6.31. The normalized spacial score (nSPS) is 10.5. The van der Waals surface area contributed by atoms with Gasteiger partial charge in [-0.25, -0.2) is 4.39 Å². The molecule has 0 unspecified atom stereocenters. The standard InChI is InChI=1S/C20H22ClFN2O2/c1-12-9-13(2)20(14(3)10-12)24(15(4)25)8-7-19(26)23-16-5-6-18(22)17(21)11-16/h5-6,9-11H,7-8H2,1-4H3,(H,23,26). The first-order chi connectivity index (χ1) is 12.2. The van der Waals surface area contributed by atoms with Crippen LogP contribution in [0.5, 0.6) is 0 Å². The lowest BCUT2D eigenvalue weighted by atomic mass is 10.0. The van der Waals surface area contributed by atoms with E-state index in [1.54, 1.807) is 4.90 Å². The number of anilines is 2. The van der Waals surface area contributed by atoms with E-state index in [1.165, 1.54) is 25.1 Å². The van der Waals surface area contributed by atoms with Crippen molar-refractivity contribution in [1.29, 1.82) is 0 Å². The third-order valence-corrected chi connectivity index (χ3v) is 4.34. The summed E-state index contributed by atoms with van der Waals surface area (Å²) in [5.74, 6) is -0.947. The van der Waals surface area contributed by atoms with Crippen LogP contribution in [0.4, 0.5) is 15.8 Å². The molecule has 0 aromatic heterocycles. The topological polar surface area (TPSA) is 49.4 Å². The number of aryl methyl sites for hydroxylation is 3. The van der Waals surface area contributed by atoms with Crippen LogP contribution in [0.1, 0.15) is 30.0 Å². The summed E-state index contributed by atoms with van der Waals surface area (Å²) < 4.78 is 13.2. The number of nitrogens with zero attached hydrogens (tertiary/aromatic N) is 1. The number of benzene rings is 2. The number of amides is 2. The Morgan fingerprint density at radius 1 is 1.12 bits per heavy atom. The fourth-order valence-electron chi connectivity index (χ4n) is 3.04. The van der Waals surface area contributed by atoms with E-state index < -0.39 is 5.82 Å². The van der Waals surface area contributed by atoms with Crippen molar-refractivity contribution in [3.63, 3.8) is 0 Å². The van der Waals surface area contributed by atoms with Crippen LogP contribution in [0.3, 0.4) is 0 Å². The molecule has 0 fully saturated rings. The van der Waals surface area contributed by atoms with Crippen molar-refractivity contribution in [1.82, 2.24) is 0 Å². The summed E-state index contributed by atoms with van der Waals surface area (Å²) >= 11 is 5.71. The molecule has 6 heteroatoms. The van der Waals surface area contributed by atoms with Gasteiger partial charge in [0.2, 0.25) is 11.8 Å². The van der Waals surface area contributed by atoms with Crippen LogP contribution in [0.15, 0.2) is 30.3 Å². The van der Waals surface area contributed by atoms with E-state index in [2.05, 4.69) is 5.32 Å². The lowest BCUT2D eigenvalue weighted by Gasteiger charge is -2.25. The minimum Gasteiger partial charge on any atom is -0.326 e. The number of hydrogen-bond acceptors (Lipinski definition) is 2. The molecule has 0 saturated heterocycles. The average Bonchev–Trinajstić information content (AvgIpc) is 2.52. The van der Waals surface area contributed by atoms with Crippen LogP contribution in [-0.2, 0) is 9.59 Å². The number of rotatable bonds is 5. The number of nitrogens with one attached hydrogen (secondary N) is 1. The highest BCUT2D eigenvalue weighted by Gasteiger charge is 2.18. The van der Waals surface area contributed by atoms with E-state index in [0.717, 1.165) is 22.4 Å². The van der Waals surface area contributed by atoms with Crippen molar-refractivity contribution in [2.45, 2.75) is 34.1 Å². The summed E-state index contributed by atoms with van der Waals surface area (Å²) in [5, 5.41) is 2.61. The second kappa shape index (κ2) is 8.32. The zero-order valence-corrected chi connectivity index (χ0v) is 16.1. The van der Waals surface area contributed by atoms with Crippen molar-refractivity contribution >= 4 is 34.8 Å². The Labute approximate surface area is 158 Å². The maximum absolute atomic E-state index is 13.2. The summed E-state index contributed by atoms with van der Waals surface area (Å²) in [4.78, 5) is 25.9. The Balaban J connectivity index is 2.10. The predicted octanol–water partition coefficient (Wildman–Crippen LogP) is 4.79. The van der Waals surface area contributed by atoms with Gasteiger partial charge in [-0.3, -0.25) is 9.59 Å². The van der Waals surface area contributed by atoms with E-state index in [4.69, 9.17) is 11.6 Å². The van der Waals surface area contributed by atoms with Crippen LogP contribution in [0.2, 0.25) is 5.02 Å². The van der Waals surface area contributed by atoms with E-state index in [0.29, 0.717) is 5.69 Å². The summed E-state index contributed by atoms with van der Waals surface area (Å²) in [7, 11) is 0. The molecule has 2 aromatic carbocycles. The highest BCUT2D eigenvalue weighted by atomic mass is 35.5. The van der Waals surface area contributed by atoms with Gasteiger partial charge in [0.25, 0.3) is 0 Å². The first-order valence-corrected chi connectivity index (χ1v) is 8.67. The SMILES string of the molecule is CC(=O)N(CCC(=O)Nc1ccc(F)c(Cl)c1)c1c(C)cc(C)cc1C. The van der Waals surface area contributed by atoms with E-state index in [1.807, 2.05) is 32.9 Å². The second-order valence-electron chi connectivity index (χ2n) is 6.35. The van der Waals surface area contributed by atoms with Gasteiger partial charge < -0.3 is 10.2 Å². The van der Waals surface area contributed by atoms with E-state index in [9.17, 15) is 14.0 Å². The molecule has 0 heterocycles. The van der Waals surface area contributed by atoms with Crippen molar-refractivity contribution in [2.75, 3.05) is 16.8 Å². The van der Waals surface area contributed by atoms with E-state index in [-0.39, 0.29) is 29.8 Å². The Bertz CT molecular complexity index is 829. The fraction of sp³-hybridized carbons (Fsp3) is 0.300. The molecule has 0 saturated carbocycles. The largest absolute Gasteiger partial charge is 0.326 e. The van der Waals surface area contributed by atoms with E-state index >= 15 is 0 Å². The molecular weight excluding hydrogens is 355 g/mol. The molecule has 1 N–H and O–H groups in total. The van der Waals surface area contributed by atoms with Crippen molar-refractivity contribution in [3.8, 4) is 0 Å². The summed E-state index contributed by atoms with van der Waals surface area (Å²) in [5.41, 5.74) is 4.35. The second-order valence-corrected chi connectivity index (χ2v) is 6.75. The Morgan fingerprint density at radius 3 is 2.27 bits per heavy atom. The maximum Gasteiger partial charge on any atom is 0.226 e. The van der Waals surface area contributed by atoms with Crippen molar-refractivity contribution in [3.05, 3.63) is 57.9 Å². The fourth-order valence-corrected chi connectivity index (χ4v) is 3.22. The van der Waals surface area contributed by atoms with Crippen LogP contribution < -0.4 is 10.2 Å². The quantitative estimate of drug-likeness (QED) is 0.815. The number of halogens is 2. The van der Waals surface area contributed by atoms with Crippen LogP contribution in [-0.4, -0.2) is 18.4 Å². The van der Waals surface area contributed by atoms with Gasteiger partial charge in [0.15, 0.2) is 0 Å². The summed E-state index contributed by atoms with van der Waals surface area (Å²) in [6.07, 6.45) is 0.112. The van der Waals surface area contributed by atoms with Gasteiger partial charge in [0.05, 0.1) is 5.02 Å². The van der Waals surface area contributed by atoms with Gasteiger partial charge in [0, 0.05) is 31.3 Å². The highest BCUT2D eigenvalue weighted by Crippen LogP contribution is 2.27. The molecule has 138 valence electrons. The minimum absolute atomic E-state index is 0.0564. The molecule has 0 aliphatic heterocycles. The first kappa shape index (κ1) is 19.9. The van der Waals surface area contributed by atoms with Crippen LogP contribution in [0, 0.1) is 26.6 Å². The minimum atomic E-state index is -0.544. The van der Waals surface area contributed by atoms with Gasteiger partial charge in [-0.2, -0.15) is 0 Å². The number of hydrogen-bond donors (Lipinski definition) is 1. The molecule has 2 aromatic rings.